The second-order valence-electron chi connectivity index (χ2n) is 7.96. The Morgan fingerprint density at radius 2 is 1.65 bits per heavy atom. The molecule has 1 N–H and O–H groups in total. The number of thioether (sulfide) groups is 1. The molecule has 0 spiro atoms. The number of aromatic nitrogens is 1. The highest BCUT2D eigenvalue weighted by atomic mass is 32.2. The van der Waals surface area contributed by atoms with Gasteiger partial charge >= 0.3 is 0 Å². The van der Waals surface area contributed by atoms with E-state index in [1.165, 1.54) is 10.8 Å². The third-order valence-corrected chi connectivity index (χ3v) is 6.98. The molecule has 0 radical (unpaired) electrons. The first kappa shape index (κ1) is 18.2. The molecule has 5 aromatic rings. The Bertz CT molecular complexity index is 1540. The predicted octanol–water partition coefficient (Wildman–Crippen LogP) is 7.63. The Morgan fingerprint density at radius 3 is 2.55 bits per heavy atom. The molecular formula is C28H19NOS. The van der Waals surface area contributed by atoms with Crippen molar-refractivity contribution >= 4 is 45.3 Å². The maximum Gasteiger partial charge on any atom is 0.200 e. The monoisotopic (exact) mass is 417 g/mol. The van der Waals surface area contributed by atoms with Gasteiger partial charge in [-0.05, 0) is 53.6 Å². The summed E-state index contributed by atoms with van der Waals surface area (Å²) in [5, 5.41) is 3.54. The van der Waals surface area contributed by atoms with Gasteiger partial charge in [0.25, 0.3) is 0 Å². The lowest BCUT2D eigenvalue weighted by molar-refractivity contribution is 0.104. The van der Waals surface area contributed by atoms with Gasteiger partial charge in [-0.2, -0.15) is 0 Å². The Kier molecular flexibility index (Phi) is 4.12. The number of ketones is 1. The van der Waals surface area contributed by atoms with Crippen LogP contribution in [-0.2, 0) is 0 Å². The molecule has 31 heavy (non-hydrogen) atoms. The first-order valence-electron chi connectivity index (χ1n) is 10.3. The van der Waals surface area contributed by atoms with Gasteiger partial charge in [0.05, 0.1) is 10.6 Å². The number of carbonyl (C=O) groups excluding carboxylic acids is 1. The number of allylic oxidation sites excluding steroid dienone is 1. The predicted molar refractivity (Wildman–Crippen MR) is 131 cm³/mol. The minimum atomic E-state index is 0.110. The molecule has 0 fully saturated rings. The van der Waals surface area contributed by atoms with Crippen LogP contribution in [0.1, 0.15) is 21.5 Å². The van der Waals surface area contributed by atoms with Crippen LogP contribution in [0.2, 0.25) is 0 Å². The van der Waals surface area contributed by atoms with Crippen LogP contribution in [0.5, 0.6) is 0 Å². The molecule has 1 aromatic heterocycles. The summed E-state index contributed by atoms with van der Waals surface area (Å²) in [4.78, 5) is 18.5. The number of aryl methyl sites for hydroxylation is 1. The van der Waals surface area contributed by atoms with Gasteiger partial charge in [0.15, 0.2) is 0 Å². The number of rotatable bonds is 2. The molecule has 0 saturated heterocycles. The number of nitrogens with one attached hydrogen (secondary N) is 1. The summed E-state index contributed by atoms with van der Waals surface area (Å²) in [6.45, 7) is 2.03. The zero-order valence-electron chi connectivity index (χ0n) is 17.0. The smallest absolute Gasteiger partial charge is 0.200 e. The molecule has 4 aromatic carbocycles. The number of benzene rings is 4. The highest BCUT2D eigenvalue weighted by Gasteiger charge is 2.26. The van der Waals surface area contributed by atoms with Crippen molar-refractivity contribution < 1.29 is 4.79 Å². The van der Waals surface area contributed by atoms with Crippen LogP contribution < -0.4 is 0 Å². The van der Waals surface area contributed by atoms with Crippen LogP contribution in [0.25, 0.3) is 39.0 Å². The Morgan fingerprint density at radius 1 is 0.839 bits per heavy atom. The number of carbonyl (C=O) groups is 1. The molecule has 2 nitrogen and oxygen atoms in total. The molecule has 0 amide bonds. The molecule has 2 heterocycles. The van der Waals surface area contributed by atoms with E-state index in [-0.39, 0.29) is 5.78 Å². The molecule has 6 rings (SSSR count). The maximum absolute atomic E-state index is 13.1. The quantitative estimate of drug-likeness (QED) is 0.300. The molecule has 0 aliphatic carbocycles. The number of Topliss-reactive ketones (excluding diaryl/α,β-unsaturated/α-hetero) is 1. The SMILES string of the molecule is Cc1ccc2c(c1)C(=O)C(=Cc1c(-c3ccc4ccccc4c3)[nH]c3ccccc13)S2. The third kappa shape index (κ3) is 3.01. The second-order valence-corrected chi connectivity index (χ2v) is 9.04. The summed E-state index contributed by atoms with van der Waals surface area (Å²) in [5.74, 6) is 0.110. The first-order chi connectivity index (χ1) is 15.2. The Labute approximate surface area is 184 Å². The lowest BCUT2D eigenvalue weighted by atomic mass is 10.0. The van der Waals surface area contributed by atoms with E-state index in [0.717, 1.165) is 48.7 Å². The van der Waals surface area contributed by atoms with E-state index in [2.05, 4.69) is 71.7 Å². The zero-order chi connectivity index (χ0) is 20.9. The zero-order valence-corrected chi connectivity index (χ0v) is 17.8. The van der Waals surface area contributed by atoms with Gasteiger partial charge in [0, 0.05) is 26.9 Å². The van der Waals surface area contributed by atoms with Crippen molar-refractivity contribution in [2.24, 2.45) is 0 Å². The Hall–Kier alpha value is -3.56. The normalized spacial score (nSPS) is 14.6. The fraction of sp³-hybridized carbons (Fsp3) is 0.0357. The average Bonchev–Trinajstić information content (AvgIpc) is 3.32. The van der Waals surface area contributed by atoms with Crippen LogP contribution in [-0.4, -0.2) is 10.8 Å². The Balaban J connectivity index is 1.55. The summed E-state index contributed by atoms with van der Waals surface area (Å²) < 4.78 is 0. The summed E-state index contributed by atoms with van der Waals surface area (Å²) in [5.41, 5.74) is 6.21. The molecule has 3 heteroatoms. The highest BCUT2D eigenvalue weighted by molar-refractivity contribution is 8.04. The third-order valence-electron chi connectivity index (χ3n) is 5.88. The van der Waals surface area contributed by atoms with E-state index in [4.69, 9.17) is 0 Å². The minimum Gasteiger partial charge on any atom is -0.354 e. The van der Waals surface area contributed by atoms with Crippen LogP contribution in [0, 0.1) is 6.92 Å². The van der Waals surface area contributed by atoms with Gasteiger partial charge < -0.3 is 4.98 Å². The molecule has 0 saturated carbocycles. The summed E-state index contributed by atoms with van der Waals surface area (Å²) in [6.07, 6.45) is 2.06. The number of hydrogen-bond donors (Lipinski definition) is 1. The van der Waals surface area contributed by atoms with Crippen molar-refractivity contribution in [3.63, 3.8) is 0 Å². The number of fused-ring (bicyclic) bond motifs is 3. The number of hydrogen-bond acceptors (Lipinski definition) is 2. The van der Waals surface area contributed by atoms with E-state index in [1.54, 1.807) is 11.8 Å². The average molecular weight is 418 g/mol. The van der Waals surface area contributed by atoms with Gasteiger partial charge in [0.2, 0.25) is 5.78 Å². The number of aromatic amines is 1. The second kappa shape index (κ2) is 7.00. The van der Waals surface area contributed by atoms with Crippen LogP contribution >= 0.6 is 11.8 Å². The van der Waals surface area contributed by atoms with Crippen LogP contribution in [0.15, 0.2) is 94.7 Å². The summed E-state index contributed by atoms with van der Waals surface area (Å²) in [7, 11) is 0. The van der Waals surface area contributed by atoms with Crippen molar-refractivity contribution in [3.05, 3.63) is 107 Å². The van der Waals surface area contributed by atoms with Gasteiger partial charge in [0.1, 0.15) is 0 Å². The molecule has 0 unspecified atom stereocenters. The summed E-state index contributed by atoms with van der Waals surface area (Å²) >= 11 is 1.56. The van der Waals surface area contributed by atoms with Crippen molar-refractivity contribution in [2.75, 3.05) is 0 Å². The summed E-state index contributed by atoms with van der Waals surface area (Å²) in [6, 6.07) is 29.3. The molecule has 148 valence electrons. The van der Waals surface area contributed by atoms with Crippen molar-refractivity contribution in [2.45, 2.75) is 11.8 Å². The van der Waals surface area contributed by atoms with Gasteiger partial charge in [-0.3, -0.25) is 4.79 Å². The first-order valence-corrected chi connectivity index (χ1v) is 11.1. The van der Waals surface area contributed by atoms with Gasteiger partial charge in [-0.1, -0.05) is 78.0 Å². The van der Waals surface area contributed by atoms with Crippen LogP contribution in [0.3, 0.4) is 0 Å². The van der Waals surface area contributed by atoms with E-state index in [9.17, 15) is 4.79 Å². The van der Waals surface area contributed by atoms with Gasteiger partial charge in [-0.25, -0.2) is 0 Å². The van der Waals surface area contributed by atoms with E-state index < -0.39 is 0 Å². The molecular weight excluding hydrogens is 398 g/mol. The van der Waals surface area contributed by atoms with Gasteiger partial charge in [-0.15, -0.1) is 0 Å². The lowest BCUT2D eigenvalue weighted by Crippen LogP contribution is -1.95. The van der Waals surface area contributed by atoms with E-state index in [1.807, 2.05) is 31.2 Å². The van der Waals surface area contributed by atoms with Crippen molar-refractivity contribution in [1.82, 2.24) is 4.98 Å². The number of H-pyrrole nitrogens is 1. The fourth-order valence-corrected chi connectivity index (χ4v) is 5.33. The number of para-hydroxylation sites is 1. The fourth-order valence-electron chi connectivity index (χ4n) is 4.32. The maximum atomic E-state index is 13.1. The van der Waals surface area contributed by atoms with E-state index >= 15 is 0 Å². The highest BCUT2D eigenvalue weighted by Crippen LogP contribution is 2.43. The van der Waals surface area contributed by atoms with Crippen molar-refractivity contribution in [1.29, 1.82) is 0 Å². The molecule has 1 aliphatic heterocycles. The standard InChI is InChI=1S/C28H19NOS/c1-17-10-13-25-23(14-17)28(30)26(31-25)16-22-21-8-4-5-9-24(21)29-27(22)20-12-11-18-6-2-3-7-19(18)15-20/h2-16,29H,1H3. The molecule has 0 bridgehead atoms. The largest absolute Gasteiger partial charge is 0.354 e. The van der Waals surface area contributed by atoms with Crippen molar-refractivity contribution in [3.8, 4) is 11.3 Å². The topological polar surface area (TPSA) is 32.9 Å². The lowest BCUT2D eigenvalue weighted by Gasteiger charge is -2.05. The molecule has 1 aliphatic rings. The molecule has 0 atom stereocenters. The minimum absolute atomic E-state index is 0.110. The van der Waals surface area contributed by atoms with E-state index in [0.29, 0.717) is 0 Å². The van der Waals surface area contributed by atoms with Crippen LogP contribution in [0.4, 0.5) is 0 Å².